The molecule has 0 radical (unpaired) electrons. The van der Waals surface area contributed by atoms with Crippen LogP contribution in [0.3, 0.4) is 0 Å². The van der Waals surface area contributed by atoms with Crippen LogP contribution in [-0.4, -0.2) is 12.7 Å². The van der Waals surface area contributed by atoms with Crippen molar-refractivity contribution in [3.63, 3.8) is 0 Å². The minimum Gasteiger partial charge on any atom is -0.378 e. The van der Waals surface area contributed by atoms with Gasteiger partial charge in [0.25, 0.3) is 0 Å². The van der Waals surface area contributed by atoms with Gasteiger partial charge in [0.05, 0.1) is 17.6 Å². The van der Waals surface area contributed by atoms with Crippen molar-refractivity contribution in [2.75, 3.05) is 6.61 Å². The monoisotopic (exact) mass is 415 g/mol. The van der Waals surface area contributed by atoms with Gasteiger partial charge in [0.1, 0.15) is 0 Å². The summed E-state index contributed by atoms with van der Waals surface area (Å²) in [5.74, 6) is 3.52. The van der Waals surface area contributed by atoms with Crippen molar-refractivity contribution < 1.29 is 4.74 Å². The van der Waals surface area contributed by atoms with Crippen LogP contribution in [0.1, 0.15) is 129 Å². The van der Waals surface area contributed by atoms with E-state index < -0.39 is 0 Å². The lowest BCUT2D eigenvalue weighted by Gasteiger charge is -2.45. The lowest BCUT2D eigenvalue weighted by Crippen LogP contribution is -2.38. The highest BCUT2D eigenvalue weighted by Crippen LogP contribution is 2.52. The number of nitriles is 1. The van der Waals surface area contributed by atoms with Crippen LogP contribution in [0.4, 0.5) is 0 Å². The molecule has 3 saturated carbocycles. The van der Waals surface area contributed by atoms with Gasteiger partial charge in [0.2, 0.25) is 0 Å². The Morgan fingerprint density at radius 2 is 1.40 bits per heavy atom. The Balaban J connectivity index is 1.40. The standard InChI is InChI=1S/C28H49NO/c1-3-5-7-8-23-9-11-24(12-10-23)25-17-19-28(22-29,20-18-25)26-13-15-27(16-14-26)30-21-6-4-2/h23-27H,3-21H2,1-2H3. The molecule has 0 atom stereocenters. The maximum Gasteiger partial charge on any atom is 0.0692 e. The highest BCUT2D eigenvalue weighted by Gasteiger charge is 2.44. The first-order chi connectivity index (χ1) is 14.7. The summed E-state index contributed by atoms with van der Waals surface area (Å²) in [5, 5.41) is 10.2. The van der Waals surface area contributed by atoms with Crippen LogP contribution in [0, 0.1) is 40.4 Å². The quantitative estimate of drug-likeness (QED) is 0.335. The van der Waals surface area contributed by atoms with E-state index in [0.29, 0.717) is 12.0 Å². The molecule has 172 valence electrons. The minimum absolute atomic E-state index is 0.0117. The molecular weight excluding hydrogens is 366 g/mol. The molecule has 3 fully saturated rings. The molecule has 3 rings (SSSR count). The molecule has 0 spiro atoms. The lowest BCUT2D eigenvalue weighted by atomic mass is 9.58. The van der Waals surface area contributed by atoms with Crippen LogP contribution in [0.5, 0.6) is 0 Å². The van der Waals surface area contributed by atoms with Gasteiger partial charge >= 0.3 is 0 Å². The highest BCUT2D eigenvalue weighted by atomic mass is 16.5. The van der Waals surface area contributed by atoms with Crippen molar-refractivity contribution in [2.24, 2.45) is 29.1 Å². The number of ether oxygens (including phenoxy) is 1. The van der Waals surface area contributed by atoms with E-state index in [0.717, 1.165) is 24.4 Å². The zero-order valence-electron chi connectivity index (χ0n) is 20.2. The van der Waals surface area contributed by atoms with Crippen molar-refractivity contribution in [1.29, 1.82) is 5.26 Å². The molecule has 0 aromatic carbocycles. The third kappa shape index (κ3) is 6.48. The summed E-state index contributed by atoms with van der Waals surface area (Å²) in [4.78, 5) is 0. The number of hydrogen-bond acceptors (Lipinski definition) is 2. The van der Waals surface area contributed by atoms with E-state index in [2.05, 4.69) is 19.9 Å². The second-order valence-electron chi connectivity index (χ2n) is 11.1. The third-order valence-electron chi connectivity index (χ3n) is 9.23. The average molecular weight is 416 g/mol. The topological polar surface area (TPSA) is 33.0 Å². The summed E-state index contributed by atoms with van der Waals surface area (Å²) in [7, 11) is 0. The smallest absolute Gasteiger partial charge is 0.0692 e. The second kappa shape index (κ2) is 12.5. The minimum atomic E-state index is -0.0117. The molecule has 3 aliphatic rings. The fourth-order valence-corrected chi connectivity index (χ4v) is 7.05. The zero-order valence-corrected chi connectivity index (χ0v) is 20.2. The summed E-state index contributed by atoms with van der Waals surface area (Å²) in [6.45, 7) is 5.47. The van der Waals surface area contributed by atoms with E-state index in [-0.39, 0.29) is 5.41 Å². The third-order valence-corrected chi connectivity index (χ3v) is 9.23. The summed E-state index contributed by atoms with van der Waals surface area (Å²) < 4.78 is 6.08. The molecule has 0 unspecified atom stereocenters. The molecule has 0 aliphatic heterocycles. The molecule has 0 bridgehead atoms. The Bertz CT molecular complexity index is 499. The lowest BCUT2D eigenvalue weighted by molar-refractivity contribution is -0.00808. The first-order valence-electron chi connectivity index (χ1n) is 13.7. The summed E-state index contributed by atoms with van der Waals surface area (Å²) in [6, 6.07) is 2.87. The van der Waals surface area contributed by atoms with E-state index in [1.165, 1.54) is 116 Å². The van der Waals surface area contributed by atoms with Gasteiger partial charge in [-0.05, 0) is 94.3 Å². The summed E-state index contributed by atoms with van der Waals surface area (Å²) >= 11 is 0. The maximum atomic E-state index is 10.2. The van der Waals surface area contributed by atoms with Crippen LogP contribution in [0.15, 0.2) is 0 Å². The van der Waals surface area contributed by atoms with E-state index in [1.54, 1.807) is 0 Å². The van der Waals surface area contributed by atoms with Crippen LogP contribution in [0.25, 0.3) is 0 Å². The van der Waals surface area contributed by atoms with Crippen molar-refractivity contribution in [3.05, 3.63) is 0 Å². The Labute approximate surface area is 187 Å². The zero-order chi connectivity index (χ0) is 21.2. The number of hydrogen-bond donors (Lipinski definition) is 0. The molecule has 30 heavy (non-hydrogen) atoms. The van der Waals surface area contributed by atoms with Gasteiger partial charge in [-0.25, -0.2) is 0 Å². The molecule has 0 aromatic heterocycles. The SMILES string of the molecule is CCCCCC1CCC(C2CCC(C#N)(C3CCC(OCCCC)CC3)CC2)CC1. The fraction of sp³-hybridized carbons (Fsp3) is 0.964. The maximum absolute atomic E-state index is 10.2. The molecule has 2 heteroatoms. The number of nitrogens with zero attached hydrogens (tertiary/aromatic N) is 1. The Hall–Kier alpha value is -0.550. The average Bonchev–Trinajstić information content (AvgIpc) is 2.80. The van der Waals surface area contributed by atoms with Crippen molar-refractivity contribution in [2.45, 2.75) is 136 Å². The Kier molecular flexibility index (Phi) is 10.0. The van der Waals surface area contributed by atoms with Gasteiger partial charge in [-0.1, -0.05) is 58.8 Å². The normalized spacial score (nSPS) is 37.6. The Morgan fingerprint density at radius 3 is 2.00 bits per heavy atom. The van der Waals surface area contributed by atoms with Crippen LogP contribution in [-0.2, 0) is 4.74 Å². The van der Waals surface area contributed by atoms with Gasteiger partial charge < -0.3 is 4.74 Å². The molecule has 3 aliphatic carbocycles. The van der Waals surface area contributed by atoms with Gasteiger partial charge in [-0.2, -0.15) is 5.26 Å². The number of rotatable bonds is 10. The van der Waals surface area contributed by atoms with Crippen molar-refractivity contribution >= 4 is 0 Å². The predicted molar refractivity (Wildman–Crippen MR) is 126 cm³/mol. The van der Waals surface area contributed by atoms with E-state index in [4.69, 9.17) is 4.74 Å². The van der Waals surface area contributed by atoms with Crippen LogP contribution in [0.2, 0.25) is 0 Å². The Morgan fingerprint density at radius 1 is 0.767 bits per heavy atom. The van der Waals surface area contributed by atoms with Crippen LogP contribution >= 0.6 is 0 Å². The molecule has 0 N–H and O–H groups in total. The molecule has 0 aromatic rings. The highest BCUT2D eigenvalue weighted by molar-refractivity contribution is 5.06. The summed E-state index contributed by atoms with van der Waals surface area (Å²) in [6.07, 6.45) is 24.3. The van der Waals surface area contributed by atoms with Gasteiger partial charge in [0.15, 0.2) is 0 Å². The van der Waals surface area contributed by atoms with E-state index in [1.807, 2.05) is 0 Å². The largest absolute Gasteiger partial charge is 0.378 e. The van der Waals surface area contributed by atoms with Gasteiger partial charge in [-0.3, -0.25) is 0 Å². The molecule has 0 saturated heterocycles. The first kappa shape index (κ1) is 24.1. The first-order valence-corrected chi connectivity index (χ1v) is 13.7. The van der Waals surface area contributed by atoms with Crippen molar-refractivity contribution in [1.82, 2.24) is 0 Å². The summed E-state index contributed by atoms with van der Waals surface area (Å²) in [5.41, 5.74) is -0.0117. The second-order valence-corrected chi connectivity index (χ2v) is 11.1. The van der Waals surface area contributed by atoms with Crippen LogP contribution < -0.4 is 0 Å². The fourth-order valence-electron chi connectivity index (χ4n) is 7.05. The molecular formula is C28H49NO. The van der Waals surface area contributed by atoms with E-state index >= 15 is 0 Å². The predicted octanol–water partition coefficient (Wildman–Crippen LogP) is 8.45. The number of unbranched alkanes of at least 4 members (excludes halogenated alkanes) is 3. The van der Waals surface area contributed by atoms with E-state index in [9.17, 15) is 5.26 Å². The van der Waals surface area contributed by atoms with Gasteiger partial charge in [0, 0.05) is 6.61 Å². The molecule has 2 nitrogen and oxygen atoms in total. The van der Waals surface area contributed by atoms with Crippen molar-refractivity contribution in [3.8, 4) is 6.07 Å². The molecule has 0 heterocycles. The molecule has 0 amide bonds. The van der Waals surface area contributed by atoms with Gasteiger partial charge in [-0.15, -0.1) is 0 Å².